The maximum atomic E-state index is 12.0. The standard InChI is InChI=1S/C8H3Br2F3O3/c9-4-2-5(10)6(16-8(11,12)13)1-3(4)7(14)15/h1-2H,(H,14,15). The molecule has 3 nitrogen and oxygen atoms in total. The van der Waals surface area contributed by atoms with Crippen molar-refractivity contribution >= 4 is 37.8 Å². The van der Waals surface area contributed by atoms with Gasteiger partial charge < -0.3 is 9.84 Å². The summed E-state index contributed by atoms with van der Waals surface area (Å²) in [6.07, 6.45) is -4.87. The van der Waals surface area contributed by atoms with Gasteiger partial charge in [-0.05, 0) is 44.0 Å². The van der Waals surface area contributed by atoms with Gasteiger partial charge in [0.15, 0.2) is 0 Å². The first-order valence-corrected chi connectivity index (χ1v) is 5.27. The molecule has 0 unspecified atom stereocenters. The van der Waals surface area contributed by atoms with Crippen molar-refractivity contribution in [1.29, 1.82) is 0 Å². The Morgan fingerprint density at radius 1 is 1.25 bits per heavy atom. The van der Waals surface area contributed by atoms with E-state index < -0.39 is 18.1 Å². The normalized spacial score (nSPS) is 11.3. The summed E-state index contributed by atoms with van der Waals surface area (Å²) in [6, 6.07) is 1.95. The largest absolute Gasteiger partial charge is 0.573 e. The number of carboxylic acids is 1. The molecule has 0 aliphatic carbocycles. The molecule has 1 aromatic carbocycles. The number of rotatable bonds is 2. The number of benzene rings is 1. The lowest BCUT2D eigenvalue weighted by Gasteiger charge is -2.11. The highest BCUT2D eigenvalue weighted by Crippen LogP contribution is 2.34. The zero-order valence-corrected chi connectivity index (χ0v) is 10.5. The number of carboxylic acid groups (broad SMARTS) is 1. The van der Waals surface area contributed by atoms with E-state index in [1.807, 2.05) is 0 Å². The Morgan fingerprint density at radius 3 is 2.25 bits per heavy atom. The molecule has 8 heteroatoms. The summed E-state index contributed by atoms with van der Waals surface area (Å²) in [5, 5.41) is 8.70. The van der Waals surface area contributed by atoms with E-state index in [2.05, 4.69) is 36.6 Å². The predicted molar refractivity (Wildman–Crippen MR) is 55.5 cm³/mol. The van der Waals surface area contributed by atoms with Gasteiger partial charge in [0.2, 0.25) is 0 Å². The van der Waals surface area contributed by atoms with Gasteiger partial charge in [-0.3, -0.25) is 0 Å². The van der Waals surface area contributed by atoms with Crippen molar-refractivity contribution in [3.63, 3.8) is 0 Å². The van der Waals surface area contributed by atoms with Gasteiger partial charge in [0.1, 0.15) is 5.75 Å². The summed E-state index contributed by atoms with van der Waals surface area (Å²) in [6.45, 7) is 0. The zero-order valence-electron chi connectivity index (χ0n) is 7.31. The second-order valence-corrected chi connectivity index (χ2v) is 4.32. The molecule has 0 spiro atoms. The summed E-state index contributed by atoms with van der Waals surface area (Å²) in [5.41, 5.74) is -0.317. The van der Waals surface area contributed by atoms with Crippen molar-refractivity contribution in [2.75, 3.05) is 0 Å². The van der Waals surface area contributed by atoms with Crippen molar-refractivity contribution in [2.45, 2.75) is 6.36 Å². The van der Waals surface area contributed by atoms with Crippen molar-refractivity contribution in [2.24, 2.45) is 0 Å². The average Bonchev–Trinajstić information content (AvgIpc) is 2.07. The fraction of sp³-hybridized carbons (Fsp3) is 0.125. The molecule has 0 saturated carbocycles. The smallest absolute Gasteiger partial charge is 0.478 e. The molecule has 0 aliphatic heterocycles. The molecule has 0 saturated heterocycles. The fourth-order valence-electron chi connectivity index (χ4n) is 0.896. The highest BCUT2D eigenvalue weighted by molar-refractivity contribution is 9.11. The molecule has 0 radical (unpaired) electrons. The lowest BCUT2D eigenvalue weighted by atomic mass is 10.2. The summed E-state index contributed by atoms with van der Waals surface area (Å²) in [7, 11) is 0. The van der Waals surface area contributed by atoms with Crippen LogP contribution in [0.4, 0.5) is 13.2 Å². The molecular weight excluding hydrogens is 361 g/mol. The van der Waals surface area contributed by atoms with Crippen LogP contribution in [-0.2, 0) is 0 Å². The summed E-state index contributed by atoms with van der Waals surface area (Å²) in [5.74, 6) is -1.96. The zero-order chi connectivity index (χ0) is 12.5. The van der Waals surface area contributed by atoms with E-state index in [4.69, 9.17) is 5.11 Å². The van der Waals surface area contributed by atoms with Crippen LogP contribution in [0.1, 0.15) is 10.4 Å². The van der Waals surface area contributed by atoms with E-state index in [1.165, 1.54) is 6.07 Å². The Bertz CT molecular complexity index is 431. The van der Waals surface area contributed by atoms with Crippen LogP contribution < -0.4 is 4.74 Å². The van der Waals surface area contributed by atoms with Crippen molar-refractivity contribution in [3.05, 3.63) is 26.6 Å². The molecule has 1 N–H and O–H groups in total. The predicted octanol–water partition coefficient (Wildman–Crippen LogP) is 3.81. The van der Waals surface area contributed by atoms with Crippen LogP contribution >= 0.6 is 31.9 Å². The minimum Gasteiger partial charge on any atom is -0.478 e. The lowest BCUT2D eigenvalue weighted by Crippen LogP contribution is -2.17. The first-order chi connectivity index (χ1) is 7.20. The Labute approximate surface area is 104 Å². The summed E-state index contributed by atoms with van der Waals surface area (Å²) < 4.78 is 39.7. The molecule has 0 atom stereocenters. The molecule has 16 heavy (non-hydrogen) atoms. The van der Waals surface area contributed by atoms with E-state index in [0.29, 0.717) is 0 Å². The van der Waals surface area contributed by atoms with E-state index in [-0.39, 0.29) is 14.5 Å². The Morgan fingerprint density at radius 2 is 1.81 bits per heavy atom. The molecule has 0 aromatic heterocycles. The van der Waals surface area contributed by atoms with Gasteiger partial charge in [-0.15, -0.1) is 13.2 Å². The third-order valence-electron chi connectivity index (χ3n) is 1.48. The average molecular weight is 364 g/mol. The van der Waals surface area contributed by atoms with Gasteiger partial charge in [0.05, 0.1) is 10.0 Å². The van der Waals surface area contributed by atoms with E-state index in [9.17, 15) is 18.0 Å². The maximum Gasteiger partial charge on any atom is 0.573 e. The number of aromatic carboxylic acids is 1. The van der Waals surface area contributed by atoms with Crippen LogP contribution in [-0.4, -0.2) is 17.4 Å². The van der Waals surface area contributed by atoms with Crippen LogP contribution in [0.25, 0.3) is 0 Å². The van der Waals surface area contributed by atoms with Gasteiger partial charge in [0, 0.05) is 4.47 Å². The summed E-state index contributed by atoms with van der Waals surface area (Å²) in [4.78, 5) is 10.7. The van der Waals surface area contributed by atoms with Gasteiger partial charge in [-0.2, -0.15) is 0 Å². The van der Waals surface area contributed by atoms with Gasteiger partial charge >= 0.3 is 12.3 Å². The minimum atomic E-state index is -4.87. The number of carbonyl (C=O) groups is 1. The molecule has 1 rings (SSSR count). The third-order valence-corrected chi connectivity index (χ3v) is 2.75. The molecule has 0 amide bonds. The second kappa shape index (κ2) is 4.62. The second-order valence-electron chi connectivity index (χ2n) is 2.62. The van der Waals surface area contributed by atoms with Crippen molar-refractivity contribution in [3.8, 4) is 5.75 Å². The minimum absolute atomic E-state index is 0.00157. The van der Waals surface area contributed by atoms with Crippen LogP contribution in [0.5, 0.6) is 5.75 Å². The van der Waals surface area contributed by atoms with E-state index in [1.54, 1.807) is 0 Å². The number of hydrogen-bond donors (Lipinski definition) is 1. The Kier molecular flexibility index (Phi) is 3.84. The van der Waals surface area contributed by atoms with Crippen molar-refractivity contribution in [1.82, 2.24) is 0 Å². The molecule has 0 fully saturated rings. The highest BCUT2D eigenvalue weighted by Gasteiger charge is 2.32. The van der Waals surface area contributed by atoms with Gasteiger partial charge in [-0.1, -0.05) is 0 Å². The van der Waals surface area contributed by atoms with E-state index in [0.717, 1.165) is 6.07 Å². The summed E-state index contributed by atoms with van der Waals surface area (Å²) >= 11 is 5.75. The first-order valence-electron chi connectivity index (χ1n) is 3.69. The quantitative estimate of drug-likeness (QED) is 0.869. The molecular formula is C8H3Br2F3O3. The highest BCUT2D eigenvalue weighted by atomic mass is 79.9. The molecule has 1 aromatic rings. The first kappa shape index (κ1) is 13.3. The maximum absolute atomic E-state index is 12.0. The third kappa shape index (κ3) is 3.38. The number of alkyl halides is 3. The fourth-order valence-corrected chi connectivity index (χ4v) is 2.14. The van der Waals surface area contributed by atoms with Crippen LogP contribution in [0.3, 0.4) is 0 Å². The molecule has 0 heterocycles. The SMILES string of the molecule is O=C(O)c1cc(OC(F)(F)F)c(Br)cc1Br. The van der Waals surface area contributed by atoms with Crippen LogP contribution in [0.2, 0.25) is 0 Å². The van der Waals surface area contributed by atoms with Crippen molar-refractivity contribution < 1.29 is 27.8 Å². The molecule has 0 aliphatic rings. The number of hydrogen-bond acceptors (Lipinski definition) is 2. The topological polar surface area (TPSA) is 46.5 Å². The van der Waals surface area contributed by atoms with Gasteiger partial charge in [0.25, 0.3) is 0 Å². The Balaban J connectivity index is 3.20. The lowest BCUT2D eigenvalue weighted by molar-refractivity contribution is -0.274. The molecule has 0 bridgehead atoms. The van der Waals surface area contributed by atoms with Crippen LogP contribution in [0, 0.1) is 0 Å². The monoisotopic (exact) mass is 362 g/mol. The number of ether oxygens (including phenoxy) is 1. The molecule has 88 valence electrons. The Hall–Kier alpha value is -0.760. The van der Waals surface area contributed by atoms with Gasteiger partial charge in [-0.25, -0.2) is 4.79 Å². The number of halogens is 5. The van der Waals surface area contributed by atoms with Crippen LogP contribution in [0.15, 0.2) is 21.1 Å². The van der Waals surface area contributed by atoms with E-state index >= 15 is 0 Å².